The number of fused-ring (bicyclic) bond motifs is 3. The quantitative estimate of drug-likeness (QED) is 0.315. The summed E-state index contributed by atoms with van der Waals surface area (Å²) in [5.41, 5.74) is 1.29. The third-order valence-corrected chi connectivity index (χ3v) is 5.94. The molecule has 2 aromatic heterocycles. The van der Waals surface area contributed by atoms with Crippen LogP contribution in [0.1, 0.15) is 5.56 Å². The molecule has 6 nitrogen and oxygen atoms in total. The van der Waals surface area contributed by atoms with Gasteiger partial charge in [-0.15, -0.1) is 0 Å². The molecule has 0 saturated carbocycles. The average molecular weight is 466 g/mol. The predicted octanol–water partition coefficient (Wildman–Crippen LogP) is 6.20. The lowest BCUT2D eigenvalue weighted by atomic mass is 10.0. The van der Waals surface area contributed by atoms with Crippen LogP contribution in [0, 0.1) is 0 Å². The van der Waals surface area contributed by atoms with Crippen LogP contribution in [0.25, 0.3) is 44.2 Å². The predicted molar refractivity (Wildman–Crippen MR) is 135 cm³/mol. The van der Waals surface area contributed by atoms with Crippen LogP contribution in [-0.2, 0) is 0 Å². The monoisotopic (exact) mass is 465 g/mol. The molecule has 4 aromatic carbocycles. The van der Waals surface area contributed by atoms with Gasteiger partial charge < -0.3 is 9.52 Å². The Morgan fingerprint density at radius 2 is 1.71 bits per heavy atom. The molecule has 164 valence electrons. The van der Waals surface area contributed by atoms with Crippen molar-refractivity contribution < 1.29 is 9.52 Å². The molecule has 7 heteroatoms. The molecule has 0 radical (unpaired) electrons. The summed E-state index contributed by atoms with van der Waals surface area (Å²) in [7, 11) is 0. The van der Waals surface area contributed by atoms with Crippen molar-refractivity contribution >= 4 is 50.5 Å². The molecule has 0 unspecified atom stereocenters. The third-order valence-electron chi connectivity index (χ3n) is 5.70. The van der Waals surface area contributed by atoms with Gasteiger partial charge in [0, 0.05) is 16.0 Å². The highest BCUT2D eigenvalue weighted by atomic mass is 35.5. The summed E-state index contributed by atoms with van der Waals surface area (Å²) in [6.45, 7) is 0. The summed E-state index contributed by atoms with van der Waals surface area (Å²) < 4.78 is 7.19. The third kappa shape index (κ3) is 3.32. The van der Waals surface area contributed by atoms with Crippen LogP contribution in [0.4, 0.5) is 0 Å². The maximum Gasteiger partial charge on any atom is 0.282 e. The molecule has 6 aromatic rings. The second-order valence-corrected chi connectivity index (χ2v) is 8.26. The van der Waals surface area contributed by atoms with E-state index < -0.39 is 0 Å². The van der Waals surface area contributed by atoms with E-state index in [1.165, 1.54) is 10.9 Å². The number of aromatic nitrogens is 2. The zero-order valence-corrected chi connectivity index (χ0v) is 18.4. The number of para-hydroxylation sites is 1. The number of hydrogen-bond acceptors (Lipinski definition) is 5. The molecule has 0 bridgehead atoms. The molecule has 34 heavy (non-hydrogen) atoms. The fraction of sp³-hybridized carbons (Fsp3) is 0. The first-order valence-corrected chi connectivity index (χ1v) is 10.9. The number of benzene rings is 4. The van der Waals surface area contributed by atoms with Gasteiger partial charge in [0.2, 0.25) is 5.82 Å². The van der Waals surface area contributed by atoms with E-state index in [2.05, 4.69) is 10.1 Å². The maximum atomic E-state index is 13.4. The molecule has 0 aliphatic carbocycles. The standard InChI is InChI=1S/C27H16ClN3O3/c28-18-10-12-24-17(13-18)14-25(34-24)26-30-22-8-4-3-7-20(22)27(33)31(26)29-15-21-19-6-2-1-5-16(19)9-11-23(21)32/h1-15,32H. The van der Waals surface area contributed by atoms with E-state index >= 15 is 0 Å². The fourth-order valence-corrected chi connectivity index (χ4v) is 4.23. The molecule has 0 aliphatic rings. The minimum Gasteiger partial charge on any atom is -0.507 e. The molecule has 0 spiro atoms. The van der Waals surface area contributed by atoms with Crippen LogP contribution >= 0.6 is 11.6 Å². The van der Waals surface area contributed by atoms with Crippen LogP contribution in [0.5, 0.6) is 5.75 Å². The number of aromatic hydroxyl groups is 1. The van der Waals surface area contributed by atoms with Crippen molar-refractivity contribution in [2.45, 2.75) is 0 Å². The Hall–Kier alpha value is -4.42. The Balaban J connectivity index is 1.60. The van der Waals surface area contributed by atoms with Crippen molar-refractivity contribution in [2.24, 2.45) is 5.10 Å². The van der Waals surface area contributed by atoms with Gasteiger partial charge in [0.1, 0.15) is 11.3 Å². The molecule has 0 amide bonds. The minimum atomic E-state index is -0.352. The zero-order chi connectivity index (χ0) is 23.2. The molecule has 2 heterocycles. The lowest BCUT2D eigenvalue weighted by molar-refractivity contribution is 0.475. The van der Waals surface area contributed by atoms with Crippen molar-refractivity contribution in [3.63, 3.8) is 0 Å². The molecule has 0 saturated heterocycles. The van der Waals surface area contributed by atoms with Gasteiger partial charge in [0.05, 0.1) is 17.1 Å². The topological polar surface area (TPSA) is 80.6 Å². The fourth-order valence-electron chi connectivity index (χ4n) is 4.05. The summed E-state index contributed by atoms with van der Waals surface area (Å²) in [4.78, 5) is 18.1. The summed E-state index contributed by atoms with van der Waals surface area (Å²) in [6, 6.07) is 25.2. The van der Waals surface area contributed by atoms with Crippen molar-refractivity contribution in [3.05, 3.63) is 106 Å². The first-order chi connectivity index (χ1) is 16.6. The van der Waals surface area contributed by atoms with Crippen molar-refractivity contribution in [3.8, 4) is 17.3 Å². The smallest absolute Gasteiger partial charge is 0.282 e. The van der Waals surface area contributed by atoms with Crippen molar-refractivity contribution in [1.29, 1.82) is 0 Å². The SMILES string of the molecule is O=c1c2ccccc2nc(-c2cc3cc(Cl)ccc3o2)n1N=Cc1c(O)ccc2ccccc12. The molecular formula is C27H16ClN3O3. The number of phenolic OH excluding ortho intramolecular Hbond substituents is 1. The summed E-state index contributed by atoms with van der Waals surface area (Å²) in [5, 5.41) is 18.5. The molecule has 0 atom stereocenters. The summed E-state index contributed by atoms with van der Waals surface area (Å²) in [5.74, 6) is 0.676. The first kappa shape index (κ1) is 20.2. The second kappa shape index (κ2) is 7.86. The number of rotatable bonds is 3. The van der Waals surface area contributed by atoms with E-state index in [4.69, 9.17) is 16.0 Å². The van der Waals surface area contributed by atoms with E-state index in [1.54, 1.807) is 48.5 Å². The zero-order valence-electron chi connectivity index (χ0n) is 17.6. The van der Waals surface area contributed by atoms with Crippen LogP contribution < -0.4 is 5.56 Å². The molecule has 6 rings (SSSR count). The van der Waals surface area contributed by atoms with Gasteiger partial charge in [-0.25, -0.2) is 4.98 Å². The number of phenols is 1. The molecule has 1 N–H and O–H groups in total. The summed E-state index contributed by atoms with van der Waals surface area (Å²) >= 11 is 6.13. The molecule has 0 fully saturated rings. The van der Waals surface area contributed by atoms with E-state index in [0.717, 1.165) is 16.2 Å². The lowest BCUT2D eigenvalue weighted by Crippen LogP contribution is -2.20. The Kier molecular flexibility index (Phi) is 4.67. The van der Waals surface area contributed by atoms with Gasteiger partial charge in [-0.2, -0.15) is 9.78 Å². The van der Waals surface area contributed by atoms with Crippen LogP contribution in [0.2, 0.25) is 5.02 Å². The normalized spacial score (nSPS) is 11.8. The Morgan fingerprint density at radius 1 is 0.912 bits per heavy atom. The van der Waals surface area contributed by atoms with Crippen LogP contribution in [-0.4, -0.2) is 21.0 Å². The molecule has 0 aliphatic heterocycles. The van der Waals surface area contributed by atoms with Gasteiger partial charge in [-0.05, 0) is 53.2 Å². The summed E-state index contributed by atoms with van der Waals surface area (Å²) in [6.07, 6.45) is 1.47. The van der Waals surface area contributed by atoms with Gasteiger partial charge in [0.25, 0.3) is 5.56 Å². The average Bonchev–Trinajstić information content (AvgIpc) is 3.27. The Labute approximate surface area is 198 Å². The number of furan rings is 1. The van der Waals surface area contributed by atoms with Crippen molar-refractivity contribution in [1.82, 2.24) is 9.66 Å². The van der Waals surface area contributed by atoms with Gasteiger partial charge in [-0.3, -0.25) is 4.79 Å². The van der Waals surface area contributed by atoms with Gasteiger partial charge in [0.15, 0.2) is 5.76 Å². The highest BCUT2D eigenvalue weighted by molar-refractivity contribution is 6.31. The van der Waals surface area contributed by atoms with Crippen molar-refractivity contribution in [2.75, 3.05) is 0 Å². The number of hydrogen-bond donors (Lipinski definition) is 1. The minimum absolute atomic E-state index is 0.0594. The largest absolute Gasteiger partial charge is 0.507 e. The Morgan fingerprint density at radius 3 is 2.59 bits per heavy atom. The highest BCUT2D eigenvalue weighted by Gasteiger charge is 2.17. The van der Waals surface area contributed by atoms with E-state index in [-0.39, 0.29) is 17.1 Å². The van der Waals surface area contributed by atoms with Crippen LogP contribution in [0.3, 0.4) is 0 Å². The van der Waals surface area contributed by atoms with Gasteiger partial charge in [-0.1, -0.05) is 54.1 Å². The lowest BCUT2D eigenvalue weighted by Gasteiger charge is -2.08. The molecular weight excluding hydrogens is 450 g/mol. The number of halogens is 1. The maximum absolute atomic E-state index is 13.4. The van der Waals surface area contributed by atoms with Crippen LogP contribution in [0.15, 0.2) is 99.2 Å². The van der Waals surface area contributed by atoms with Gasteiger partial charge >= 0.3 is 0 Å². The number of nitrogens with zero attached hydrogens (tertiary/aromatic N) is 3. The first-order valence-electron chi connectivity index (χ1n) is 10.5. The highest BCUT2D eigenvalue weighted by Crippen LogP contribution is 2.30. The van der Waals surface area contributed by atoms with E-state index in [0.29, 0.717) is 32.8 Å². The van der Waals surface area contributed by atoms with E-state index in [9.17, 15) is 9.90 Å². The van der Waals surface area contributed by atoms with E-state index in [1.807, 2.05) is 36.4 Å². The Bertz CT molecular complexity index is 1820. The second-order valence-electron chi connectivity index (χ2n) is 7.83.